The van der Waals surface area contributed by atoms with Crippen LogP contribution in [0.3, 0.4) is 0 Å². The van der Waals surface area contributed by atoms with Crippen LogP contribution >= 0.6 is 23.1 Å². The van der Waals surface area contributed by atoms with E-state index in [-0.39, 0.29) is 11.0 Å². The molecule has 3 rings (SSSR count). The second-order valence-corrected chi connectivity index (χ2v) is 7.67. The van der Waals surface area contributed by atoms with Crippen molar-refractivity contribution < 1.29 is 0 Å². The summed E-state index contributed by atoms with van der Waals surface area (Å²) < 4.78 is 0. The van der Waals surface area contributed by atoms with Crippen molar-refractivity contribution in [1.29, 1.82) is 0 Å². The number of thioether (sulfide) groups is 1. The van der Waals surface area contributed by atoms with E-state index in [1.807, 2.05) is 11.3 Å². The van der Waals surface area contributed by atoms with E-state index in [1.54, 1.807) is 11.8 Å². The van der Waals surface area contributed by atoms with Crippen LogP contribution in [0.2, 0.25) is 0 Å². The Morgan fingerprint density at radius 2 is 2.18 bits per heavy atom. The fraction of sp³-hybridized carbons (Fsp3) is 0.615. The average Bonchev–Trinajstić information content (AvgIpc) is 2.73. The van der Waals surface area contributed by atoms with Crippen LogP contribution in [-0.2, 0) is 12.0 Å². The Morgan fingerprint density at radius 3 is 2.94 bits per heavy atom. The van der Waals surface area contributed by atoms with Gasteiger partial charge in [-0.1, -0.05) is 25.6 Å². The van der Waals surface area contributed by atoms with Gasteiger partial charge in [0.15, 0.2) is 5.17 Å². The fourth-order valence-corrected chi connectivity index (χ4v) is 4.94. The molecule has 1 spiro atoms. The zero-order valence-electron chi connectivity index (χ0n) is 10.3. The maximum atomic E-state index is 6.00. The van der Waals surface area contributed by atoms with E-state index in [4.69, 9.17) is 10.7 Å². The average molecular weight is 266 g/mol. The van der Waals surface area contributed by atoms with Crippen molar-refractivity contribution in [2.75, 3.05) is 5.75 Å². The maximum Gasteiger partial charge on any atom is 0.154 e. The molecule has 0 bridgehead atoms. The molecule has 2 heterocycles. The predicted octanol–water partition coefficient (Wildman–Crippen LogP) is 3.37. The lowest BCUT2D eigenvalue weighted by Crippen LogP contribution is -2.47. The van der Waals surface area contributed by atoms with Crippen molar-refractivity contribution >= 4 is 28.3 Å². The minimum atomic E-state index is -0.0596. The van der Waals surface area contributed by atoms with Crippen LogP contribution < -0.4 is 5.73 Å². The van der Waals surface area contributed by atoms with Crippen LogP contribution in [0.5, 0.6) is 0 Å². The number of aryl methyl sites for hydroxylation is 1. The van der Waals surface area contributed by atoms with E-state index in [1.165, 1.54) is 23.3 Å². The van der Waals surface area contributed by atoms with Crippen molar-refractivity contribution in [3.63, 3.8) is 0 Å². The number of amidine groups is 1. The lowest BCUT2D eigenvalue weighted by Gasteiger charge is -2.49. The molecule has 2 nitrogen and oxygen atoms in total. The molecule has 1 aromatic heterocycles. The Balaban J connectivity index is 2.21. The highest BCUT2D eigenvalue weighted by molar-refractivity contribution is 8.13. The zero-order valence-corrected chi connectivity index (χ0v) is 12.0. The van der Waals surface area contributed by atoms with Crippen molar-refractivity contribution in [2.24, 2.45) is 16.1 Å². The van der Waals surface area contributed by atoms with Crippen LogP contribution in [-0.4, -0.2) is 10.9 Å². The maximum absolute atomic E-state index is 6.00. The summed E-state index contributed by atoms with van der Waals surface area (Å²) in [5.74, 6) is 1.09. The summed E-state index contributed by atoms with van der Waals surface area (Å²) in [6.45, 7) is 4.70. The van der Waals surface area contributed by atoms with Crippen LogP contribution in [0.4, 0.5) is 0 Å². The highest BCUT2D eigenvalue weighted by atomic mass is 32.2. The number of nitrogens with zero attached hydrogens (tertiary/aromatic N) is 1. The molecule has 0 amide bonds. The van der Waals surface area contributed by atoms with Gasteiger partial charge in [0, 0.05) is 10.6 Å². The van der Waals surface area contributed by atoms with Gasteiger partial charge in [0.05, 0.1) is 5.54 Å². The summed E-state index contributed by atoms with van der Waals surface area (Å²) in [7, 11) is 0. The van der Waals surface area contributed by atoms with Crippen LogP contribution in [0.15, 0.2) is 16.4 Å². The van der Waals surface area contributed by atoms with Crippen molar-refractivity contribution in [3.05, 3.63) is 21.9 Å². The Labute approximate surface area is 111 Å². The van der Waals surface area contributed by atoms with Gasteiger partial charge in [-0.15, -0.1) is 11.3 Å². The Kier molecular flexibility index (Phi) is 2.56. The monoisotopic (exact) mass is 266 g/mol. The van der Waals surface area contributed by atoms with E-state index in [9.17, 15) is 0 Å². The highest BCUT2D eigenvalue weighted by Crippen LogP contribution is 2.55. The van der Waals surface area contributed by atoms with Crippen molar-refractivity contribution in [3.8, 4) is 0 Å². The summed E-state index contributed by atoms with van der Waals surface area (Å²) in [5.41, 5.74) is 7.61. The molecule has 1 atom stereocenters. The first-order chi connectivity index (χ1) is 8.05. The first kappa shape index (κ1) is 11.6. The lowest BCUT2D eigenvalue weighted by atomic mass is 9.61. The number of hydrogen-bond acceptors (Lipinski definition) is 4. The number of hydrogen-bond donors (Lipinski definition) is 1. The zero-order chi connectivity index (χ0) is 12.1. The third-order valence-electron chi connectivity index (χ3n) is 4.30. The van der Waals surface area contributed by atoms with Gasteiger partial charge in [0.1, 0.15) is 0 Å². The fourth-order valence-electron chi connectivity index (χ4n) is 3.16. The molecule has 0 saturated carbocycles. The molecule has 92 valence electrons. The minimum Gasteiger partial charge on any atom is -0.379 e. The van der Waals surface area contributed by atoms with E-state index in [0.717, 1.165) is 17.3 Å². The van der Waals surface area contributed by atoms with Gasteiger partial charge in [0.25, 0.3) is 0 Å². The van der Waals surface area contributed by atoms with Gasteiger partial charge in [-0.25, -0.2) is 0 Å². The van der Waals surface area contributed by atoms with Crippen molar-refractivity contribution in [1.82, 2.24) is 0 Å². The van der Waals surface area contributed by atoms with Gasteiger partial charge in [0.2, 0.25) is 0 Å². The normalized spacial score (nSPS) is 31.1. The summed E-state index contributed by atoms with van der Waals surface area (Å²) in [6, 6.07) is 2.27. The van der Waals surface area contributed by atoms with Gasteiger partial charge in [-0.05, 0) is 41.7 Å². The molecule has 1 aromatic rings. The molecule has 1 aliphatic carbocycles. The molecule has 0 saturated heterocycles. The number of rotatable bonds is 0. The first-order valence-electron chi connectivity index (χ1n) is 6.10. The van der Waals surface area contributed by atoms with Crippen molar-refractivity contribution in [2.45, 2.75) is 38.6 Å². The van der Waals surface area contributed by atoms with E-state index in [0.29, 0.717) is 0 Å². The van der Waals surface area contributed by atoms with Crippen LogP contribution in [0, 0.1) is 5.41 Å². The minimum absolute atomic E-state index is 0.0596. The molecular formula is C13H18N2S2. The largest absolute Gasteiger partial charge is 0.379 e. The second kappa shape index (κ2) is 3.75. The van der Waals surface area contributed by atoms with E-state index in [2.05, 4.69) is 25.3 Å². The summed E-state index contributed by atoms with van der Waals surface area (Å²) in [5, 5.41) is 2.98. The van der Waals surface area contributed by atoms with Gasteiger partial charge in [-0.2, -0.15) is 0 Å². The Morgan fingerprint density at radius 1 is 1.35 bits per heavy atom. The molecule has 17 heavy (non-hydrogen) atoms. The molecule has 0 fully saturated rings. The van der Waals surface area contributed by atoms with Gasteiger partial charge in [-0.3, -0.25) is 4.99 Å². The quantitative estimate of drug-likeness (QED) is 0.782. The third kappa shape index (κ3) is 1.57. The predicted molar refractivity (Wildman–Crippen MR) is 76.8 cm³/mol. The SMILES string of the molecule is CC1(C)CCc2sccc2C12CCSC(N)=N2. The number of nitrogens with two attached hydrogens (primary N) is 1. The Hall–Kier alpha value is -0.480. The molecule has 2 aliphatic rings. The Bertz CT molecular complexity index is 476. The molecule has 2 N–H and O–H groups in total. The topological polar surface area (TPSA) is 38.4 Å². The highest BCUT2D eigenvalue weighted by Gasteiger charge is 2.51. The molecule has 1 aliphatic heterocycles. The van der Waals surface area contributed by atoms with Gasteiger partial charge < -0.3 is 5.73 Å². The summed E-state index contributed by atoms with van der Waals surface area (Å²) in [4.78, 5) is 6.42. The van der Waals surface area contributed by atoms with E-state index < -0.39 is 0 Å². The number of aliphatic imine (C=N–C) groups is 1. The first-order valence-corrected chi connectivity index (χ1v) is 7.97. The third-order valence-corrected chi connectivity index (χ3v) is 6.08. The summed E-state index contributed by atoms with van der Waals surface area (Å²) >= 11 is 3.57. The number of fused-ring (bicyclic) bond motifs is 2. The standard InChI is InChI=1S/C13H18N2S2/c1-12(2)5-3-10-9(4-7-16-10)13(12)6-8-17-11(14)15-13/h4,7H,3,5-6,8H2,1-2H3,(H2,14,15). The molecule has 4 heteroatoms. The molecule has 1 unspecified atom stereocenters. The van der Waals surface area contributed by atoms with Gasteiger partial charge >= 0.3 is 0 Å². The van der Waals surface area contributed by atoms with Crippen LogP contribution in [0.1, 0.15) is 37.1 Å². The second-order valence-electron chi connectivity index (χ2n) is 5.55. The number of thiophene rings is 1. The molecule has 0 radical (unpaired) electrons. The molecular weight excluding hydrogens is 248 g/mol. The van der Waals surface area contributed by atoms with Crippen LogP contribution in [0.25, 0.3) is 0 Å². The lowest BCUT2D eigenvalue weighted by molar-refractivity contribution is 0.134. The molecule has 0 aromatic carbocycles. The van der Waals surface area contributed by atoms with E-state index >= 15 is 0 Å². The summed E-state index contributed by atoms with van der Waals surface area (Å²) in [6.07, 6.45) is 3.53. The smallest absolute Gasteiger partial charge is 0.154 e.